The molecule has 0 spiro atoms. The van der Waals surface area contributed by atoms with Gasteiger partial charge >= 0.3 is 22.5 Å². The van der Waals surface area contributed by atoms with Crippen molar-refractivity contribution in [3.8, 4) is 0 Å². The molecule has 6 fully saturated rings. The summed E-state index contributed by atoms with van der Waals surface area (Å²) in [7, 11) is -9.79. The van der Waals surface area contributed by atoms with E-state index in [2.05, 4.69) is 73.5 Å². The fraction of sp³-hybridized carbons (Fsp3) is 0.804. The molecule has 4 amide bonds. The van der Waals surface area contributed by atoms with Gasteiger partial charge in [-0.05, 0) is 95.8 Å². The van der Waals surface area contributed by atoms with Crippen LogP contribution in [0.2, 0.25) is 0 Å². The number of amides is 4. The van der Waals surface area contributed by atoms with Crippen molar-refractivity contribution >= 4 is 38.8 Å². The molecule has 6 N–H and O–H groups in total. The van der Waals surface area contributed by atoms with Crippen molar-refractivity contribution in [1.29, 1.82) is 0 Å². The van der Waals surface area contributed by atoms with Crippen LogP contribution >= 0.6 is 0 Å². The summed E-state index contributed by atoms with van der Waals surface area (Å²) in [4.78, 5) is 31.8. The Balaban J connectivity index is 0.000000185. The molecule has 0 radical (unpaired) electrons. The predicted octanol–water partition coefficient (Wildman–Crippen LogP) is 5.19. The zero-order valence-corrected chi connectivity index (χ0v) is 44.8. The number of urea groups is 2. The first-order valence-electron chi connectivity index (χ1n) is 26.2. The standard InChI is InChI=1S/C16H23N5O6S.C16H36N.C14H21N7O6S/c1-9(2)17-11-5-10(6-11)7-14-18-19-15(26-14)13-4-3-12-8-20(13)16(22)21(12)27-28(23,24)25;1-5-9-13-17(14-10-6-2,15-11-7-3)16-12-8-4;15-13(16)17-8-3-7(4-8)5-11-18-19-12(26-11)10-2-1-9-6-20(10)14(22)21(9)27-28(23,24)25/h10-13,17H,1,3-8H2,2H3,(H,23,24,25);5-16H2,1-4H3;7-10H,1-6H2,(H4,15,16,17)(H,23,24,25)/q;+1;/p-1/t10?,11?,12-,13+;;7?,8?,9-,10+/m1.1/s1. The third-order valence-corrected chi connectivity index (χ3v) is 15.3. The Labute approximate surface area is 430 Å². The van der Waals surface area contributed by atoms with Crippen molar-refractivity contribution < 1.29 is 57.4 Å². The van der Waals surface area contributed by atoms with Crippen LogP contribution in [0.25, 0.3) is 0 Å². The Bertz CT molecular complexity index is 2350. The van der Waals surface area contributed by atoms with Gasteiger partial charge in [0.15, 0.2) is 5.96 Å². The van der Waals surface area contributed by atoms with E-state index in [1.54, 1.807) is 0 Å². The molecular formula is C46H79N13O12S2. The first-order valence-corrected chi connectivity index (χ1v) is 28.9. The lowest BCUT2D eigenvalue weighted by atomic mass is 9.78. The topological polar surface area (TPSA) is 331 Å². The minimum Gasteiger partial charge on any atom is -0.724 e. The van der Waals surface area contributed by atoms with E-state index in [0.717, 1.165) is 31.4 Å². The second-order valence-corrected chi connectivity index (χ2v) is 22.6. The molecule has 412 valence electrons. The van der Waals surface area contributed by atoms with Crippen LogP contribution in [0.15, 0.2) is 26.1 Å². The van der Waals surface area contributed by atoms with Gasteiger partial charge in [0, 0.05) is 37.7 Å². The number of guanidine groups is 1. The fourth-order valence-corrected chi connectivity index (χ4v) is 11.6. The highest BCUT2D eigenvalue weighted by atomic mass is 32.3. The Hall–Kier alpha value is -4.67. The van der Waals surface area contributed by atoms with Gasteiger partial charge in [0.2, 0.25) is 34.0 Å². The van der Waals surface area contributed by atoms with Gasteiger partial charge in [-0.1, -0.05) is 60.0 Å². The van der Waals surface area contributed by atoms with E-state index in [9.17, 15) is 31.0 Å². The highest BCUT2D eigenvalue weighted by Gasteiger charge is 2.50. The lowest BCUT2D eigenvalue weighted by molar-refractivity contribution is -0.929. The number of carbonyl (C=O) groups is 2. The lowest BCUT2D eigenvalue weighted by Gasteiger charge is -2.39. The molecule has 4 saturated heterocycles. The monoisotopic (exact) mass is 1070 g/mol. The number of hydrogen-bond donors (Lipinski definition) is 4. The van der Waals surface area contributed by atoms with E-state index < -0.39 is 57.0 Å². The minimum atomic E-state index is -5.01. The number of nitrogens with two attached hydrogens (primary N) is 2. The fourth-order valence-electron chi connectivity index (χ4n) is 10.8. The number of quaternary nitrogens is 1. The summed E-state index contributed by atoms with van der Waals surface area (Å²) in [6, 6.07) is -2.64. The number of fused-ring (bicyclic) bond motifs is 4. The van der Waals surface area contributed by atoms with Gasteiger partial charge in [-0.3, -0.25) is 9.55 Å². The van der Waals surface area contributed by atoms with Crippen LogP contribution < -0.4 is 16.8 Å². The molecule has 6 aliphatic rings. The van der Waals surface area contributed by atoms with E-state index in [1.165, 1.54) is 91.8 Å². The minimum absolute atomic E-state index is 0.0847. The number of hydrogen-bond acceptors (Lipinski definition) is 17. The molecule has 4 bridgehead atoms. The number of nitrogens with zero attached hydrogens (tertiary/aromatic N) is 10. The molecule has 73 heavy (non-hydrogen) atoms. The third-order valence-electron chi connectivity index (χ3n) is 14.6. The van der Waals surface area contributed by atoms with Gasteiger partial charge in [-0.25, -0.2) is 18.0 Å². The first kappa shape index (κ1) is 57.6. The van der Waals surface area contributed by atoms with E-state index in [4.69, 9.17) is 24.9 Å². The van der Waals surface area contributed by atoms with E-state index in [0.29, 0.717) is 90.1 Å². The maximum absolute atomic E-state index is 12.4. The largest absolute Gasteiger partial charge is 0.724 e. The maximum atomic E-state index is 12.4. The molecule has 0 aromatic carbocycles. The molecule has 2 aromatic rings. The molecule has 2 aliphatic carbocycles. The SMILES string of the molecule is C=C(C)NC1CC(Cc2nnc([C@@H]3CC[C@@H]4CN3C(=O)N4OS(=O)(=O)[O-])o2)C1.CCCC[N+](CCCC)(CCCC)CCCC.NC(N)=NC1CC(Cc2nnc([C@@H]3CC[C@@H]4CN3C(=O)N4OS(=O)(=O)O)o2)C1. The summed E-state index contributed by atoms with van der Waals surface area (Å²) in [5, 5.41) is 21.0. The predicted molar refractivity (Wildman–Crippen MR) is 265 cm³/mol. The maximum Gasteiger partial charge on any atom is 0.418 e. The Morgan fingerprint density at radius 2 is 1.16 bits per heavy atom. The first-order chi connectivity index (χ1) is 34.6. The van der Waals surface area contributed by atoms with Crippen molar-refractivity contribution in [3.05, 3.63) is 35.8 Å². The van der Waals surface area contributed by atoms with Gasteiger partial charge in [0.25, 0.3) is 0 Å². The average molecular weight is 1070 g/mol. The highest BCUT2D eigenvalue weighted by Crippen LogP contribution is 2.41. The van der Waals surface area contributed by atoms with Gasteiger partial charge in [-0.2, -0.15) is 22.8 Å². The van der Waals surface area contributed by atoms with Crippen molar-refractivity contribution in [2.24, 2.45) is 28.3 Å². The van der Waals surface area contributed by atoms with Crippen LogP contribution in [0.3, 0.4) is 0 Å². The number of carbonyl (C=O) groups excluding carboxylic acids is 2. The number of unbranched alkanes of at least 4 members (excludes halogenated alkanes) is 4. The van der Waals surface area contributed by atoms with Crippen molar-refractivity contribution in [3.63, 3.8) is 0 Å². The lowest BCUT2D eigenvalue weighted by Crippen LogP contribution is -2.50. The van der Waals surface area contributed by atoms with E-state index in [-0.39, 0.29) is 25.1 Å². The summed E-state index contributed by atoms with van der Waals surface area (Å²) in [5.41, 5.74) is 11.7. The van der Waals surface area contributed by atoms with Gasteiger partial charge in [0.1, 0.15) is 12.1 Å². The summed E-state index contributed by atoms with van der Waals surface area (Å²) in [6.07, 6.45) is 18.0. The molecule has 4 aliphatic heterocycles. The zero-order valence-electron chi connectivity index (χ0n) is 43.2. The van der Waals surface area contributed by atoms with E-state index in [1.807, 2.05) is 6.92 Å². The normalized spacial score (nSPS) is 25.6. The van der Waals surface area contributed by atoms with E-state index >= 15 is 0 Å². The molecule has 6 heterocycles. The molecule has 0 unspecified atom stereocenters. The van der Waals surface area contributed by atoms with Crippen LogP contribution in [0.1, 0.15) is 173 Å². The molecule has 27 heteroatoms. The van der Waals surface area contributed by atoms with Gasteiger partial charge in [-0.15, -0.1) is 24.7 Å². The number of nitrogens with one attached hydrogen (secondary N) is 1. The number of allylic oxidation sites excluding steroid dienone is 1. The summed E-state index contributed by atoms with van der Waals surface area (Å²) in [5.74, 6) is 2.52. The third kappa shape index (κ3) is 16.2. The molecule has 25 nitrogen and oxygen atoms in total. The molecule has 8 rings (SSSR count). The second kappa shape index (κ2) is 25.7. The molecule has 2 saturated carbocycles. The smallest absolute Gasteiger partial charge is 0.418 e. The number of hydroxylamine groups is 4. The number of piperidine rings is 2. The molecule has 4 atom stereocenters. The highest BCUT2D eigenvalue weighted by molar-refractivity contribution is 7.81. The summed E-state index contributed by atoms with van der Waals surface area (Å²) in [6.45, 7) is 21.3. The number of aromatic nitrogens is 4. The summed E-state index contributed by atoms with van der Waals surface area (Å²) < 4.78 is 85.0. The van der Waals surface area contributed by atoms with Crippen molar-refractivity contribution in [2.45, 2.75) is 186 Å². The quantitative estimate of drug-likeness (QED) is 0.0327. The average Bonchev–Trinajstić information content (AvgIpc) is 4.08. The van der Waals surface area contributed by atoms with Crippen LogP contribution in [-0.2, 0) is 42.2 Å². The van der Waals surface area contributed by atoms with Crippen LogP contribution in [0, 0.1) is 11.8 Å². The molecule has 2 aromatic heterocycles. The number of rotatable bonds is 25. The Kier molecular flexibility index (Phi) is 20.3. The van der Waals surface area contributed by atoms with Crippen LogP contribution in [0.4, 0.5) is 9.59 Å². The second-order valence-electron chi connectivity index (χ2n) is 20.6. The van der Waals surface area contributed by atoms with Crippen LogP contribution in [-0.4, -0.2) is 152 Å². The van der Waals surface area contributed by atoms with Crippen LogP contribution in [0.5, 0.6) is 0 Å². The van der Waals surface area contributed by atoms with Gasteiger partial charge in [0.05, 0.1) is 44.3 Å². The Morgan fingerprint density at radius 3 is 1.55 bits per heavy atom. The molecular weight excluding hydrogens is 991 g/mol. The van der Waals surface area contributed by atoms with Crippen molar-refractivity contribution in [2.75, 3.05) is 39.3 Å². The zero-order chi connectivity index (χ0) is 53.1. The van der Waals surface area contributed by atoms with Gasteiger partial charge < -0.3 is 44.5 Å². The Morgan fingerprint density at radius 1 is 0.740 bits per heavy atom. The van der Waals surface area contributed by atoms with Crippen molar-refractivity contribution in [1.82, 2.24) is 45.6 Å². The summed E-state index contributed by atoms with van der Waals surface area (Å²) >= 11 is 0. The number of aliphatic imine (C=N–C) groups is 1.